The number of aliphatic imine (C=N–C) groups is 2. The van der Waals surface area contributed by atoms with Gasteiger partial charge in [0.05, 0.1) is 0 Å². The van der Waals surface area contributed by atoms with Crippen LogP contribution in [0.4, 0.5) is 49.4 Å². The number of rotatable bonds is 14. The second-order valence-electron chi connectivity index (χ2n) is 22.9. The van der Waals surface area contributed by atoms with Crippen molar-refractivity contribution in [2.24, 2.45) is 9.98 Å². The first-order valence-corrected chi connectivity index (χ1v) is 30.5. The van der Waals surface area contributed by atoms with Crippen molar-refractivity contribution in [3.05, 3.63) is 197 Å². The number of hydrogen-bond acceptors (Lipinski definition) is 12. The van der Waals surface area contributed by atoms with Gasteiger partial charge in [-0.1, -0.05) is 94.1 Å². The molecule has 3 heterocycles. The Bertz CT molecular complexity index is 3020. The van der Waals surface area contributed by atoms with Crippen LogP contribution in [-0.4, -0.2) is 134 Å². The van der Waals surface area contributed by atoms with Crippen LogP contribution in [-0.2, 0) is 9.41 Å². The number of anilines is 5. The second-order valence-corrected chi connectivity index (χ2v) is 22.9. The van der Waals surface area contributed by atoms with Gasteiger partial charge in [-0.05, 0) is 156 Å². The second kappa shape index (κ2) is 40.4. The van der Waals surface area contributed by atoms with Crippen LogP contribution in [0.1, 0.15) is 95.5 Å². The number of nitrogens with one attached hydrogen (secondary N) is 2. The van der Waals surface area contributed by atoms with Gasteiger partial charge in [-0.25, -0.2) is 0 Å². The van der Waals surface area contributed by atoms with Gasteiger partial charge in [0.25, 0.3) is 0 Å². The molecule has 18 heteroatoms. The molecule has 0 saturated carbocycles. The smallest absolute Gasteiger partial charge is 0.200 e. The number of allylic oxidation sites excluding steroid dienone is 2. The summed E-state index contributed by atoms with van der Waals surface area (Å²) in [5.41, 5.74) is 26.7. The van der Waals surface area contributed by atoms with E-state index in [1.165, 1.54) is 75.4 Å². The van der Waals surface area contributed by atoms with Crippen molar-refractivity contribution < 1.29 is 20.4 Å². The summed E-state index contributed by atoms with van der Waals surface area (Å²) in [5, 5.41) is 6.94. The predicted octanol–water partition coefficient (Wildman–Crippen LogP) is 13.7. The first kappa shape index (κ1) is 72.4. The summed E-state index contributed by atoms with van der Waals surface area (Å²) in [6, 6.07) is 50.0. The van der Waals surface area contributed by atoms with E-state index in [-0.39, 0.29) is 13.0 Å². The van der Waals surface area contributed by atoms with Gasteiger partial charge in [0, 0.05) is 81.6 Å². The monoisotopic (exact) mass is 1180 g/mol. The summed E-state index contributed by atoms with van der Waals surface area (Å²) in [7, 11) is 11.9. The van der Waals surface area contributed by atoms with Crippen LogP contribution in [0.15, 0.2) is 179 Å². The molecule has 0 unspecified atom stereocenters. The van der Waals surface area contributed by atoms with Crippen LogP contribution >= 0.6 is 0 Å². The SMILES string of the molecule is CC(C)=CCN(c1ccc(C)cc1)C1CCNCC1.Cc1ccc(N)cc1.Cc1ccc(N=CB=O)cc1.Nc1ccc(N=CB=O)cc1.[B]C(=O)N1CCC(N(CC=C(C)C)c2ccc(C)cc2)CC1.[B]C(=O)N1CCC(Nc2ccc(C)cc2)CC1.[HH]. The molecule has 4 radical (unpaired) electrons. The van der Waals surface area contributed by atoms with Crippen LogP contribution in [0.5, 0.6) is 0 Å². The number of aryl methyl sites for hydroxylation is 5. The third-order valence-corrected chi connectivity index (χ3v) is 14.9. The Hall–Kier alpha value is -8.10. The van der Waals surface area contributed by atoms with Crippen molar-refractivity contribution in [3.63, 3.8) is 0 Å². The fourth-order valence-electron chi connectivity index (χ4n) is 9.60. The molecule has 3 saturated heterocycles. The number of amides is 2. The minimum absolute atomic E-state index is 0. The largest absolute Gasteiger partial charge is 0.382 e. The Balaban J connectivity index is 0.000000287. The molecule has 0 bridgehead atoms. The Morgan fingerprint density at radius 3 is 1.19 bits per heavy atom. The molecular formula is C70H94B4N10O4. The maximum absolute atomic E-state index is 11.3. The number of benzene rings is 6. The number of likely N-dealkylation sites (tertiary alicyclic amines) is 2. The average Bonchev–Trinajstić information content (AvgIpc) is 2.93. The van der Waals surface area contributed by atoms with Gasteiger partial charge in [-0.15, -0.1) is 0 Å². The first-order chi connectivity index (χ1) is 42.2. The third kappa shape index (κ3) is 29.1. The van der Waals surface area contributed by atoms with E-state index in [1.54, 1.807) is 34.1 Å². The van der Waals surface area contributed by atoms with Crippen LogP contribution < -0.4 is 31.9 Å². The molecule has 9 rings (SSSR count). The topological polar surface area (TPSA) is 182 Å². The molecule has 3 aliphatic heterocycles. The summed E-state index contributed by atoms with van der Waals surface area (Å²) >= 11 is 0. The third-order valence-electron chi connectivity index (χ3n) is 14.9. The zero-order chi connectivity index (χ0) is 64.2. The minimum atomic E-state index is -0.307. The molecule has 2 amide bonds. The summed E-state index contributed by atoms with van der Waals surface area (Å²) < 4.78 is 19.8. The fourth-order valence-corrected chi connectivity index (χ4v) is 9.60. The minimum Gasteiger partial charge on any atom is -0.382 e. The van der Waals surface area contributed by atoms with Crippen molar-refractivity contribution in [3.8, 4) is 0 Å². The zero-order valence-electron chi connectivity index (χ0n) is 53.6. The van der Waals surface area contributed by atoms with E-state index < -0.39 is 0 Å². The van der Waals surface area contributed by atoms with E-state index in [0.717, 1.165) is 101 Å². The molecule has 6 N–H and O–H groups in total. The molecule has 0 aromatic heterocycles. The van der Waals surface area contributed by atoms with E-state index in [0.29, 0.717) is 38.1 Å². The van der Waals surface area contributed by atoms with Gasteiger partial charge >= 0.3 is 130 Å². The molecule has 0 aliphatic carbocycles. The normalized spacial score (nSPS) is 13.9. The Morgan fingerprint density at radius 2 is 0.841 bits per heavy atom. The number of nitrogens with two attached hydrogens (primary N) is 2. The summed E-state index contributed by atoms with van der Waals surface area (Å²) in [4.78, 5) is 38.4. The molecule has 6 aromatic carbocycles. The Labute approximate surface area is 531 Å². The van der Waals surface area contributed by atoms with Gasteiger partial charge < -0.3 is 36.0 Å². The quantitative estimate of drug-likeness (QED) is 0.0354. The molecule has 0 spiro atoms. The van der Waals surface area contributed by atoms with Gasteiger partial charge in [0.1, 0.15) is 0 Å². The van der Waals surface area contributed by atoms with Crippen molar-refractivity contribution in [2.75, 3.05) is 78.9 Å². The summed E-state index contributed by atoms with van der Waals surface area (Å²) in [6.45, 7) is 26.2. The number of carbonyl (C=O) groups excluding carboxylic acids is 2. The number of carbonyl (C=O) groups is 2. The van der Waals surface area contributed by atoms with E-state index >= 15 is 0 Å². The molecule has 14 nitrogen and oxygen atoms in total. The summed E-state index contributed by atoms with van der Waals surface area (Å²) in [5.74, 6) is -0.608. The van der Waals surface area contributed by atoms with Crippen molar-refractivity contribution >= 4 is 93.6 Å². The van der Waals surface area contributed by atoms with E-state index in [2.05, 4.69) is 164 Å². The molecule has 460 valence electrons. The molecule has 3 fully saturated rings. The van der Waals surface area contributed by atoms with Gasteiger partial charge in [0.2, 0.25) is 15.7 Å². The molecule has 88 heavy (non-hydrogen) atoms. The predicted molar refractivity (Wildman–Crippen MR) is 377 cm³/mol. The van der Waals surface area contributed by atoms with Crippen LogP contribution in [0.2, 0.25) is 0 Å². The fraction of sp³-hybridized carbons (Fsp3) is 0.371. The maximum Gasteiger partial charge on any atom is 0.200 e. The molecule has 0 atom stereocenters. The molecule has 3 aliphatic rings. The van der Waals surface area contributed by atoms with Crippen molar-refractivity contribution in [1.29, 1.82) is 0 Å². The average molecular weight is 1180 g/mol. The Kier molecular flexibility index (Phi) is 33.2. The van der Waals surface area contributed by atoms with Crippen molar-refractivity contribution in [1.82, 2.24) is 15.1 Å². The van der Waals surface area contributed by atoms with E-state index in [9.17, 15) is 19.0 Å². The molecule has 6 aromatic rings. The van der Waals surface area contributed by atoms with Crippen LogP contribution in [0.3, 0.4) is 0 Å². The van der Waals surface area contributed by atoms with E-state index in [4.69, 9.17) is 27.2 Å². The standard InChI is InChI=1S/C18H25BN2O.C17H26N2.C13H17BN2O.C8H8BNO.C7H7BN2O.C7H9N.H2/c1-14(2)8-13-21(16-6-4-15(3)5-7-16)17-9-11-20(12-10-17)18(19)22;1-14(2)10-13-19(17-8-11-18-12-9-17)16-6-4-15(3)5-7-16;1-10-2-4-11(5-3-10)15-12-6-8-16(9-7-12)13(14)17;1-7-2-4-8(5-3-7)10-6-9-11;9-6-1-3-7(4-2-6)10-5-8-11;1-6-2-4-7(8)5-3-6;/h4-8,17H,9-13H2,1-3H3;4-7,10,17-18H,8-9,11-13H2,1-3H3;2-5,12,15H,6-9H2,1H3;2-6H,1H3;1-5H,9H2;2-5H,8H2,1H3;1H. The van der Waals surface area contributed by atoms with Gasteiger partial charge in [0.15, 0.2) is 11.6 Å². The number of nitrogen functional groups attached to an aromatic ring is 2. The van der Waals surface area contributed by atoms with Gasteiger partial charge in [-0.3, -0.25) is 9.59 Å². The first-order valence-electron chi connectivity index (χ1n) is 30.5. The van der Waals surface area contributed by atoms with Crippen LogP contribution in [0, 0.1) is 34.6 Å². The zero-order valence-corrected chi connectivity index (χ0v) is 53.6. The maximum atomic E-state index is 11.3. The van der Waals surface area contributed by atoms with Crippen molar-refractivity contribution in [2.45, 2.75) is 119 Å². The van der Waals surface area contributed by atoms with Gasteiger partial charge in [-0.2, -0.15) is 0 Å². The number of hydrogen-bond donors (Lipinski definition) is 4. The number of piperidine rings is 3. The number of nitrogens with zero attached hydrogens (tertiary/aromatic N) is 6. The Morgan fingerprint density at radius 1 is 0.523 bits per heavy atom. The summed E-state index contributed by atoms with van der Waals surface area (Å²) in [6.07, 6.45) is 13.4. The van der Waals surface area contributed by atoms with Crippen LogP contribution in [0.25, 0.3) is 0 Å². The molecular weight excluding hydrogens is 1090 g/mol. The van der Waals surface area contributed by atoms with E-state index in [1.807, 2.05) is 62.4 Å².